The average Bonchev–Trinajstić information content (AvgIpc) is 1.99. The Morgan fingerprint density at radius 1 is 1.62 bits per heavy atom. The molecule has 1 fully saturated rings. The van der Waals surface area contributed by atoms with E-state index >= 15 is 0 Å². The van der Waals surface area contributed by atoms with Gasteiger partial charge in [-0.15, -0.1) is 0 Å². The van der Waals surface area contributed by atoms with Crippen molar-refractivity contribution >= 4 is 6.09 Å². The number of aliphatic hydroxyl groups is 1. The summed E-state index contributed by atoms with van der Waals surface area (Å²) in [6.07, 6.45) is -1.10. The Morgan fingerprint density at radius 2 is 2.23 bits per heavy atom. The molecule has 13 heavy (non-hydrogen) atoms. The molecular formula is C8H16N2O3. The number of nitrogens with one attached hydrogen (secondary N) is 2. The highest BCUT2D eigenvalue weighted by Gasteiger charge is 2.40. The lowest BCUT2D eigenvalue weighted by atomic mass is 9.81. The SMILES string of the molecule is C[C@H]1CNC[C@@H](NC(=O)O)[C@@]1(C)O. The van der Waals surface area contributed by atoms with Gasteiger partial charge in [-0.25, -0.2) is 4.79 Å². The molecule has 1 aliphatic rings. The van der Waals surface area contributed by atoms with Crippen LogP contribution in [-0.2, 0) is 0 Å². The summed E-state index contributed by atoms with van der Waals surface area (Å²) in [5.41, 5.74) is -0.969. The molecule has 1 aliphatic heterocycles. The highest BCUT2D eigenvalue weighted by molar-refractivity contribution is 5.65. The Bertz CT molecular complexity index is 206. The van der Waals surface area contributed by atoms with E-state index in [1.807, 2.05) is 6.92 Å². The number of rotatable bonds is 1. The molecule has 0 saturated carbocycles. The first-order valence-corrected chi connectivity index (χ1v) is 4.37. The quantitative estimate of drug-likeness (QED) is 0.452. The van der Waals surface area contributed by atoms with E-state index in [0.29, 0.717) is 13.1 Å². The molecular weight excluding hydrogens is 172 g/mol. The van der Waals surface area contributed by atoms with Gasteiger partial charge in [-0.05, 0) is 12.8 Å². The highest BCUT2D eigenvalue weighted by atomic mass is 16.4. The second-order valence-corrected chi connectivity index (χ2v) is 3.79. The minimum atomic E-state index is -1.10. The molecule has 0 bridgehead atoms. The number of amides is 1. The van der Waals surface area contributed by atoms with E-state index in [9.17, 15) is 9.90 Å². The standard InChI is InChI=1S/C8H16N2O3/c1-5-3-9-4-6(8(5,2)13)10-7(11)12/h5-6,9-10,13H,3-4H2,1-2H3,(H,11,12)/t5-,6+,8-/m0/s1. The maximum Gasteiger partial charge on any atom is 0.405 e. The summed E-state index contributed by atoms with van der Waals surface area (Å²) in [6, 6.07) is -0.436. The van der Waals surface area contributed by atoms with Crippen molar-refractivity contribution in [3.63, 3.8) is 0 Å². The number of carboxylic acid groups (broad SMARTS) is 1. The summed E-state index contributed by atoms with van der Waals surface area (Å²) < 4.78 is 0. The van der Waals surface area contributed by atoms with E-state index < -0.39 is 17.7 Å². The predicted molar refractivity (Wildman–Crippen MR) is 47.6 cm³/mol. The molecule has 1 saturated heterocycles. The molecule has 0 unspecified atom stereocenters. The average molecular weight is 188 g/mol. The predicted octanol–water partition coefficient (Wildman–Crippen LogP) is -0.387. The molecule has 0 aromatic carbocycles. The van der Waals surface area contributed by atoms with Crippen molar-refractivity contribution in [2.45, 2.75) is 25.5 Å². The van der Waals surface area contributed by atoms with E-state index in [1.54, 1.807) is 6.92 Å². The molecule has 1 heterocycles. The lowest BCUT2D eigenvalue weighted by molar-refractivity contribution is -0.0423. The van der Waals surface area contributed by atoms with Crippen LogP contribution in [0.3, 0.4) is 0 Å². The van der Waals surface area contributed by atoms with Crippen molar-refractivity contribution in [1.29, 1.82) is 0 Å². The van der Waals surface area contributed by atoms with Gasteiger partial charge >= 0.3 is 6.09 Å². The van der Waals surface area contributed by atoms with Crippen molar-refractivity contribution in [3.8, 4) is 0 Å². The second-order valence-electron chi connectivity index (χ2n) is 3.79. The van der Waals surface area contributed by atoms with Gasteiger partial charge in [-0.1, -0.05) is 6.92 Å². The van der Waals surface area contributed by atoms with Crippen LogP contribution in [0.25, 0.3) is 0 Å². The van der Waals surface area contributed by atoms with Gasteiger partial charge in [0.2, 0.25) is 0 Å². The minimum Gasteiger partial charge on any atom is -0.465 e. The molecule has 0 radical (unpaired) electrons. The molecule has 1 rings (SSSR count). The van der Waals surface area contributed by atoms with Crippen LogP contribution in [0.2, 0.25) is 0 Å². The third-order valence-electron chi connectivity index (χ3n) is 2.80. The summed E-state index contributed by atoms with van der Waals surface area (Å²) in [5.74, 6) is 0.0399. The summed E-state index contributed by atoms with van der Waals surface area (Å²) in [4.78, 5) is 10.4. The fourth-order valence-corrected chi connectivity index (χ4v) is 1.55. The van der Waals surface area contributed by atoms with Crippen LogP contribution in [0.5, 0.6) is 0 Å². The zero-order chi connectivity index (χ0) is 10.1. The van der Waals surface area contributed by atoms with E-state index in [4.69, 9.17) is 5.11 Å². The van der Waals surface area contributed by atoms with Crippen molar-refractivity contribution < 1.29 is 15.0 Å². The zero-order valence-electron chi connectivity index (χ0n) is 7.87. The highest BCUT2D eigenvalue weighted by Crippen LogP contribution is 2.23. The number of hydrogen-bond donors (Lipinski definition) is 4. The molecule has 4 N–H and O–H groups in total. The van der Waals surface area contributed by atoms with E-state index in [0.717, 1.165) is 0 Å². The number of carbonyl (C=O) groups is 1. The van der Waals surface area contributed by atoms with E-state index in [2.05, 4.69) is 10.6 Å². The van der Waals surface area contributed by atoms with Crippen LogP contribution in [0.4, 0.5) is 4.79 Å². The third-order valence-corrected chi connectivity index (χ3v) is 2.80. The minimum absolute atomic E-state index is 0.0399. The largest absolute Gasteiger partial charge is 0.465 e. The Kier molecular flexibility index (Phi) is 2.77. The number of piperidine rings is 1. The normalized spacial score (nSPS) is 39.9. The van der Waals surface area contributed by atoms with Crippen LogP contribution in [0.1, 0.15) is 13.8 Å². The maximum atomic E-state index is 10.4. The summed E-state index contributed by atoms with van der Waals surface area (Å²) >= 11 is 0. The van der Waals surface area contributed by atoms with Crippen molar-refractivity contribution in [2.24, 2.45) is 5.92 Å². The van der Waals surface area contributed by atoms with E-state index in [1.165, 1.54) is 0 Å². The summed E-state index contributed by atoms with van der Waals surface area (Å²) in [7, 11) is 0. The second kappa shape index (κ2) is 3.51. The lowest BCUT2D eigenvalue weighted by Crippen LogP contribution is -2.63. The lowest BCUT2D eigenvalue weighted by Gasteiger charge is -2.42. The molecule has 5 nitrogen and oxygen atoms in total. The van der Waals surface area contributed by atoms with Crippen LogP contribution in [0.15, 0.2) is 0 Å². The fraction of sp³-hybridized carbons (Fsp3) is 0.875. The van der Waals surface area contributed by atoms with Crippen molar-refractivity contribution in [3.05, 3.63) is 0 Å². The third kappa shape index (κ3) is 2.10. The first-order chi connectivity index (χ1) is 5.94. The molecule has 5 heteroatoms. The van der Waals surface area contributed by atoms with E-state index in [-0.39, 0.29) is 5.92 Å². The molecule has 0 aliphatic carbocycles. The topological polar surface area (TPSA) is 81.6 Å². The Morgan fingerprint density at radius 3 is 2.77 bits per heavy atom. The maximum absolute atomic E-state index is 10.4. The first kappa shape index (κ1) is 10.3. The van der Waals surface area contributed by atoms with Gasteiger partial charge in [0.25, 0.3) is 0 Å². The van der Waals surface area contributed by atoms with Gasteiger partial charge in [-0.3, -0.25) is 0 Å². The number of hydrogen-bond acceptors (Lipinski definition) is 3. The van der Waals surface area contributed by atoms with Gasteiger partial charge < -0.3 is 20.8 Å². The van der Waals surface area contributed by atoms with Gasteiger partial charge in [-0.2, -0.15) is 0 Å². The van der Waals surface area contributed by atoms with Crippen LogP contribution < -0.4 is 10.6 Å². The zero-order valence-corrected chi connectivity index (χ0v) is 7.87. The molecule has 3 atom stereocenters. The van der Waals surface area contributed by atoms with Gasteiger partial charge in [0.15, 0.2) is 0 Å². The van der Waals surface area contributed by atoms with Crippen molar-refractivity contribution in [1.82, 2.24) is 10.6 Å². The Labute approximate surface area is 77.1 Å². The molecule has 0 aromatic rings. The van der Waals surface area contributed by atoms with Gasteiger partial charge in [0.1, 0.15) is 0 Å². The van der Waals surface area contributed by atoms with Crippen LogP contribution >= 0.6 is 0 Å². The Balaban J connectivity index is 2.66. The van der Waals surface area contributed by atoms with Crippen LogP contribution in [-0.4, -0.2) is 41.0 Å². The fourth-order valence-electron chi connectivity index (χ4n) is 1.55. The summed E-state index contributed by atoms with van der Waals surface area (Å²) in [5, 5.41) is 23.9. The Hall–Kier alpha value is -0.810. The molecule has 0 spiro atoms. The van der Waals surface area contributed by atoms with Crippen molar-refractivity contribution in [2.75, 3.05) is 13.1 Å². The molecule has 1 amide bonds. The van der Waals surface area contributed by atoms with Gasteiger partial charge in [0.05, 0.1) is 11.6 Å². The smallest absolute Gasteiger partial charge is 0.405 e. The van der Waals surface area contributed by atoms with Crippen LogP contribution in [0, 0.1) is 5.92 Å². The molecule has 0 aromatic heterocycles. The van der Waals surface area contributed by atoms with Gasteiger partial charge in [0, 0.05) is 13.1 Å². The first-order valence-electron chi connectivity index (χ1n) is 4.37. The molecule has 76 valence electrons. The summed E-state index contributed by atoms with van der Waals surface area (Å²) in [6.45, 7) is 4.75. The monoisotopic (exact) mass is 188 g/mol.